The summed E-state index contributed by atoms with van der Waals surface area (Å²) in [7, 11) is -2.05. The molecule has 29 heavy (non-hydrogen) atoms. The summed E-state index contributed by atoms with van der Waals surface area (Å²) in [6.45, 7) is 4.72. The number of morpholine rings is 1. The highest BCUT2D eigenvalue weighted by molar-refractivity contribution is 7.92. The Morgan fingerprint density at radius 1 is 1.24 bits per heavy atom. The molecule has 0 saturated carbocycles. The van der Waals surface area contributed by atoms with E-state index in [1.54, 1.807) is 23.6 Å². The van der Waals surface area contributed by atoms with Gasteiger partial charge in [-0.25, -0.2) is 23.4 Å². The normalized spacial score (nSPS) is 14.9. The lowest BCUT2D eigenvalue weighted by Crippen LogP contribution is -2.37. The zero-order valence-electron chi connectivity index (χ0n) is 16.3. The highest BCUT2D eigenvalue weighted by atomic mass is 32.2. The summed E-state index contributed by atoms with van der Waals surface area (Å²) in [5.41, 5.74) is 2.51. The molecule has 11 heteroatoms. The first-order valence-electron chi connectivity index (χ1n) is 8.97. The first kappa shape index (κ1) is 19.8. The average Bonchev–Trinajstić information content (AvgIpc) is 3.06. The topological polar surface area (TPSA) is 107 Å². The minimum absolute atomic E-state index is 0.195. The number of methoxy groups -OCH3 is 1. The number of aromatic nitrogens is 3. The van der Waals surface area contributed by atoms with Gasteiger partial charge in [0.05, 0.1) is 42.5 Å². The Balaban J connectivity index is 1.87. The molecule has 0 unspecified atom stereocenters. The van der Waals surface area contributed by atoms with Crippen LogP contribution >= 0.6 is 11.3 Å². The molecule has 3 aromatic rings. The van der Waals surface area contributed by atoms with Gasteiger partial charge in [0.25, 0.3) is 0 Å². The molecule has 1 N–H and O–H groups in total. The van der Waals surface area contributed by atoms with Crippen LogP contribution in [-0.4, -0.2) is 63.0 Å². The number of fused-ring (bicyclic) bond motifs is 1. The van der Waals surface area contributed by atoms with E-state index < -0.39 is 10.0 Å². The Hall–Kier alpha value is -2.50. The Morgan fingerprint density at radius 3 is 2.69 bits per heavy atom. The molecular formula is C18H21N5O4S2. The van der Waals surface area contributed by atoms with Crippen molar-refractivity contribution in [1.82, 2.24) is 15.0 Å². The Bertz CT molecular complexity index is 1160. The van der Waals surface area contributed by atoms with Gasteiger partial charge in [-0.15, -0.1) is 11.3 Å². The monoisotopic (exact) mass is 435 g/mol. The number of hydrogen-bond acceptors (Lipinski definition) is 9. The van der Waals surface area contributed by atoms with Crippen molar-refractivity contribution in [3.8, 4) is 17.1 Å². The molecule has 0 aliphatic carbocycles. The molecule has 1 saturated heterocycles. The van der Waals surface area contributed by atoms with Gasteiger partial charge in [-0.1, -0.05) is 0 Å². The number of ether oxygens (including phenoxy) is 2. The molecule has 4 heterocycles. The number of pyridine rings is 1. The third kappa shape index (κ3) is 4.26. The summed E-state index contributed by atoms with van der Waals surface area (Å²) in [6, 6.07) is 3.72. The molecule has 154 valence electrons. The van der Waals surface area contributed by atoms with Gasteiger partial charge in [-0.05, 0) is 19.1 Å². The maximum atomic E-state index is 11.8. The van der Waals surface area contributed by atoms with E-state index in [2.05, 4.69) is 14.6 Å². The third-order valence-electron chi connectivity index (χ3n) is 4.39. The highest BCUT2D eigenvalue weighted by Crippen LogP contribution is 2.36. The SMILES string of the molecule is COc1ncc(-c2nc(N3CCOCC3)nc3cc(C)sc23)cc1NS(C)(=O)=O. The predicted octanol–water partition coefficient (Wildman–Crippen LogP) is 2.28. The molecule has 0 bridgehead atoms. The van der Waals surface area contributed by atoms with Gasteiger partial charge in [-0.3, -0.25) is 4.72 Å². The molecule has 9 nitrogen and oxygen atoms in total. The number of aryl methyl sites for hydroxylation is 1. The van der Waals surface area contributed by atoms with Crippen LogP contribution in [0.15, 0.2) is 18.3 Å². The van der Waals surface area contributed by atoms with Crippen molar-refractivity contribution in [2.24, 2.45) is 0 Å². The number of nitrogens with zero attached hydrogens (tertiary/aromatic N) is 4. The number of thiophene rings is 1. The summed E-state index contributed by atoms with van der Waals surface area (Å²) in [5.74, 6) is 0.822. The van der Waals surface area contributed by atoms with Crippen LogP contribution in [0.4, 0.5) is 11.6 Å². The van der Waals surface area contributed by atoms with Crippen LogP contribution in [0.5, 0.6) is 5.88 Å². The Labute approximate surface area is 172 Å². The molecule has 4 rings (SSSR count). The van der Waals surface area contributed by atoms with Crippen molar-refractivity contribution in [3.05, 3.63) is 23.2 Å². The Morgan fingerprint density at radius 2 is 2.00 bits per heavy atom. The van der Waals surface area contributed by atoms with E-state index in [4.69, 9.17) is 19.4 Å². The number of anilines is 2. The van der Waals surface area contributed by atoms with Gasteiger partial charge < -0.3 is 14.4 Å². The van der Waals surface area contributed by atoms with E-state index in [0.717, 1.165) is 34.4 Å². The quantitative estimate of drug-likeness (QED) is 0.651. The van der Waals surface area contributed by atoms with Crippen LogP contribution in [0.2, 0.25) is 0 Å². The van der Waals surface area contributed by atoms with Crippen LogP contribution in [0.3, 0.4) is 0 Å². The fourth-order valence-corrected chi connectivity index (χ4v) is 4.66. The second-order valence-electron chi connectivity index (χ2n) is 6.70. The van der Waals surface area contributed by atoms with Crippen molar-refractivity contribution >= 4 is 43.2 Å². The summed E-state index contributed by atoms with van der Waals surface area (Å²) < 4.78 is 37.5. The van der Waals surface area contributed by atoms with E-state index in [0.29, 0.717) is 30.4 Å². The van der Waals surface area contributed by atoms with Gasteiger partial charge in [0.15, 0.2) is 0 Å². The molecule has 3 aromatic heterocycles. The fraction of sp³-hybridized carbons (Fsp3) is 0.389. The lowest BCUT2D eigenvalue weighted by atomic mass is 10.2. The van der Waals surface area contributed by atoms with E-state index in [-0.39, 0.29) is 11.6 Å². The summed E-state index contributed by atoms with van der Waals surface area (Å²) in [5, 5.41) is 0. The van der Waals surface area contributed by atoms with Crippen LogP contribution < -0.4 is 14.4 Å². The van der Waals surface area contributed by atoms with E-state index in [1.807, 2.05) is 13.0 Å². The third-order valence-corrected chi connectivity index (χ3v) is 6.03. The number of hydrogen-bond donors (Lipinski definition) is 1. The second-order valence-corrected chi connectivity index (χ2v) is 9.70. The summed E-state index contributed by atoms with van der Waals surface area (Å²) >= 11 is 1.59. The first-order valence-corrected chi connectivity index (χ1v) is 11.7. The molecule has 0 atom stereocenters. The van der Waals surface area contributed by atoms with Gasteiger partial charge >= 0.3 is 0 Å². The van der Waals surface area contributed by atoms with Crippen molar-refractivity contribution in [2.45, 2.75) is 6.92 Å². The molecule has 0 spiro atoms. The standard InChI is InChI=1S/C18H21N5O4S2/c1-11-8-13-16(28-11)15(21-18(20-13)23-4-6-27-7-5-23)12-9-14(22-29(3,24)25)17(26-2)19-10-12/h8-10,22H,4-7H2,1-3H3. The van der Waals surface area contributed by atoms with Gasteiger partial charge in [-0.2, -0.15) is 0 Å². The lowest BCUT2D eigenvalue weighted by Gasteiger charge is -2.27. The van der Waals surface area contributed by atoms with Crippen LogP contribution in [-0.2, 0) is 14.8 Å². The van der Waals surface area contributed by atoms with Crippen LogP contribution in [0.1, 0.15) is 4.88 Å². The summed E-state index contributed by atoms with van der Waals surface area (Å²) in [6.07, 6.45) is 2.72. The zero-order valence-corrected chi connectivity index (χ0v) is 17.9. The first-order chi connectivity index (χ1) is 13.8. The van der Waals surface area contributed by atoms with Gasteiger partial charge in [0.2, 0.25) is 21.9 Å². The Kier molecular flexibility index (Phi) is 5.28. The average molecular weight is 436 g/mol. The second kappa shape index (κ2) is 7.73. The number of sulfonamides is 1. The van der Waals surface area contributed by atoms with Gasteiger partial charge in [0, 0.05) is 29.7 Å². The van der Waals surface area contributed by atoms with E-state index in [9.17, 15) is 8.42 Å². The zero-order chi connectivity index (χ0) is 20.6. The molecule has 0 aromatic carbocycles. The fourth-order valence-electron chi connectivity index (χ4n) is 3.15. The van der Waals surface area contributed by atoms with Gasteiger partial charge in [0.1, 0.15) is 5.69 Å². The lowest BCUT2D eigenvalue weighted by molar-refractivity contribution is 0.122. The minimum atomic E-state index is -3.49. The highest BCUT2D eigenvalue weighted by Gasteiger charge is 2.20. The molecular weight excluding hydrogens is 414 g/mol. The smallest absolute Gasteiger partial charge is 0.238 e. The van der Waals surface area contributed by atoms with Crippen LogP contribution in [0, 0.1) is 6.92 Å². The van der Waals surface area contributed by atoms with Crippen molar-refractivity contribution in [3.63, 3.8) is 0 Å². The number of nitrogens with one attached hydrogen (secondary N) is 1. The molecule has 1 aliphatic rings. The van der Waals surface area contributed by atoms with Crippen molar-refractivity contribution < 1.29 is 17.9 Å². The maximum Gasteiger partial charge on any atom is 0.238 e. The van der Waals surface area contributed by atoms with Crippen molar-refractivity contribution in [1.29, 1.82) is 0 Å². The molecule has 0 radical (unpaired) electrons. The maximum absolute atomic E-state index is 11.8. The largest absolute Gasteiger partial charge is 0.480 e. The van der Waals surface area contributed by atoms with E-state index in [1.165, 1.54) is 7.11 Å². The predicted molar refractivity (Wildman–Crippen MR) is 113 cm³/mol. The molecule has 0 amide bonds. The minimum Gasteiger partial charge on any atom is -0.480 e. The van der Waals surface area contributed by atoms with Crippen molar-refractivity contribution in [2.75, 3.05) is 49.3 Å². The van der Waals surface area contributed by atoms with Crippen LogP contribution in [0.25, 0.3) is 21.5 Å². The van der Waals surface area contributed by atoms with E-state index >= 15 is 0 Å². The number of rotatable bonds is 5. The molecule has 1 aliphatic heterocycles. The molecule has 1 fully saturated rings. The summed E-state index contributed by atoms with van der Waals surface area (Å²) in [4.78, 5) is 17.0.